The summed E-state index contributed by atoms with van der Waals surface area (Å²) < 4.78 is 16.4. The van der Waals surface area contributed by atoms with Crippen molar-refractivity contribution in [2.24, 2.45) is 0 Å². The SMILES string of the molecule is O=C(Nc1ccc2c(c1)CCCO2)c1coc(C2CCOCC2)n1. The highest BCUT2D eigenvalue weighted by Crippen LogP contribution is 2.28. The first-order valence-corrected chi connectivity index (χ1v) is 8.40. The molecule has 0 saturated carbocycles. The minimum absolute atomic E-state index is 0.237. The molecule has 6 heteroatoms. The number of aryl methyl sites for hydroxylation is 1. The number of hydrogen-bond donors (Lipinski definition) is 1. The van der Waals surface area contributed by atoms with Gasteiger partial charge in [-0.1, -0.05) is 0 Å². The minimum Gasteiger partial charge on any atom is -0.493 e. The van der Waals surface area contributed by atoms with E-state index in [0.717, 1.165) is 49.3 Å². The Bertz CT molecular complexity index is 734. The van der Waals surface area contributed by atoms with E-state index in [-0.39, 0.29) is 11.8 Å². The number of aromatic nitrogens is 1. The van der Waals surface area contributed by atoms with Crippen LogP contribution < -0.4 is 10.1 Å². The number of nitrogens with zero attached hydrogens (tertiary/aromatic N) is 1. The Labute approximate surface area is 140 Å². The largest absolute Gasteiger partial charge is 0.493 e. The molecular weight excluding hydrogens is 308 g/mol. The summed E-state index contributed by atoms with van der Waals surface area (Å²) in [5.41, 5.74) is 2.19. The Balaban J connectivity index is 1.45. The van der Waals surface area contributed by atoms with E-state index in [0.29, 0.717) is 24.8 Å². The van der Waals surface area contributed by atoms with Crippen LogP contribution in [0.4, 0.5) is 5.69 Å². The fraction of sp³-hybridized carbons (Fsp3) is 0.444. The molecule has 2 aliphatic rings. The normalized spacial score (nSPS) is 17.8. The van der Waals surface area contributed by atoms with Crippen LogP contribution in [0.15, 0.2) is 28.9 Å². The van der Waals surface area contributed by atoms with Crippen molar-refractivity contribution in [3.05, 3.63) is 41.6 Å². The van der Waals surface area contributed by atoms with Crippen LogP contribution in [0.2, 0.25) is 0 Å². The second-order valence-electron chi connectivity index (χ2n) is 6.19. The average molecular weight is 328 g/mol. The van der Waals surface area contributed by atoms with E-state index in [4.69, 9.17) is 13.9 Å². The second-order valence-corrected chi connectivity index (χ2v) is 6.19. The van der Waals surface area contributed by atoms with Crippen LogP contribution in [0.5, 0.6) is 5.75 Å². The van der Waals surface area contributed by atoms with Gasteiger partial charge in [0.25, 0.3) is 5.91 Å². The van der Waals surface area contributed by atoms with Crippen molar-refractivity contribution in [2.45, 2.75) is 31.6 Å². The number of ether oxygens (including phenoxy) is 2. The predicted octanol–water partition coefficient (Wildman–Crippen LogP) is 3.15. The molecule has 1 saturated heterocycles. The molecule has 4 rings (SSSR count). The van der Waals surface area contributed by atoms with Crippen LogP contribution >= 0.6 is 0 Å². The van der Waals surface area contributed by atoms with Crippen LogP contribution in [0.3, 0.4) is 0 Å². The van der Waals surface area contributed by atoms with Gasteiger partial charge in [-0.15, -0.1) is 0 Å². The third-order valence-electron chi connectivity index (χ3n) is 4.49. The molecule has 0 aliphatic carbocycles. The standard InChI is InChI=1S/C18H20N2O4/c21-17(15-11-24-18(20-15)12-5-8-22-9-6-12)19-14-3-4-16-13(10-14)2-1-7-23-16/h3-4,10-12H,1-2,5-9H2,(H,19,21). The molecule has 2 aromatic rings. The molecule has 1 N–H and O–H groups in total. The van der Waals surface area contributed by atoms with Gasteiger partial charge in [0.2, 0.25) is 0 Å². The summed E-state index contributed by atoms with van der Waals surface area (Å²) in [6.07, 6.45) is 5.17. The molecule has 1 aromatic carbocycles. The molecule has 6 nitrogen and oxygen atoms in total. The van der Waals surface area contributed by atoms with E-state index in [2.05, 4.69) is 10.3 Å². The summed E-state index contributed by atoms with van der Waals surface area (Å²) in [6.45, 7) is 2.18. The van der Waals surface area contributed by atoms with E-state index in [1.165, 1.54) is 6.26 Å². The van der Waals surface area contributed by atoms with Crippen LogP contribution in [0.25, 0.3) is 0 Å². The van der Waals surface area contributed by atoms with Gasteiger partial charge >= 0.3 is 0 Å². The van der Waals surface area contributed by atoms with Crippen molar-refractivity contribution < 1.29 is 18.7 Å². The first kappa shape index (κ1) is 15.2. The highest BCUT2D eigenvalue weighted by molar-refractivity contribution is 6.02. The monoisotopic (exact) mass is 328 g/mol. The van der Waals surface area contributed by atoms with Gasteiger partial charge in [-0.05, 0) is 49.4 Å². The van der Waals surface area contributed by atoms with Gasteiger partial charge in [0.05, 0.1) is 6.61 Å². The molecule has 126 valence electrons. The Morgan fingerprint density at radius 2 is 2.08 bits per heavy atom. The first-order chi connectivity index (χ1) is 11.8. The molecule has 0 bridgehead atoms. The second kappa shape index (κ2) is 6.65. The lowest BCUT2D eigenvalue weighted by atomic mass is 10.0. The number of nitrogens with one attached hydrogen (secondary N) is 1. The van der Waals surface area contributed by atoms with Crippen molar-refractivity contribution in [3.8, 4) is 5.75 Å². The lowest BCUT2D eigenvalue weighted by Gasteiger charge is -2.18. The highest BCUT2D eigenvalue weighted by Gasteiger charge is 2.22. The Hall–Kier alpha value is -2.34. The average Bonchev–Trinajstić information content (AvgIpc) is 3.13. The molecule has 24 heavy (non-hydrogen) atoms. The third kappa shape index (κ3) is 3.14. The van der Waals surface area contributed by atoms with Crippen LogP contribution in [0, 0.1) is 0 Å². The maximum atomic E-state index is 12.4. The van der Waals surface area contributed by atoms with Crippen molar-refractivity contribution in [3.63, 3.8) is 0 Å². The van der Waals surface area contributed by atoms with E-state index in [1.807, 2.05) is 18.2 Å². The molecule has 1 amide bonds. The van der Waals surface area contributed by atoms with Crippen molar-refractivity contribution in [1.29, 1.82) is 0 Å². The van der Waals surface area contributed by atoms with Crippen LogP contribution in [-0.2, 0) is 11.2 Å². The van der Waals surface area contributed by atoms with Gasteiger partial charge in [0, 0.05) is 24.8 Å². The number of anilines is 1. The quantitative estimate of drug-likeness (QED) is 0.937. The number of carbonyl (C=O) groups is 1. The summed E-state index contributed by atoms with van der Waals surface area (Å²) in [6, 6.07) is 5.72. The molecule has 0 atom stereocenters. The smallest absolute Gasteiger partial charge is 0.277 e. The minimum atomic E-state index is -0.256. The maximum Gasteiger partial charge on any atom is 0.277 e. The van der Waals surface area contributed by atoms with Crippen molar-refractivity contribution in [1.82, 2.24) is 4.98 Å². The molecule has 1 aromatic heterocycles. The van der Waals surface area contributed by atoms with Crippen LogP contribution in [-0.4, -0.2) is 30.7 Å². The fourth-order valence-electron chi connectivity index (χ4n) is 3.16. The lowest BCUT2D eigenvalue weighted by molar-refractivity contribution is 0.0794. The van der Waals surface area contributed by atoms with Gasteiger partial charge < -0.3 is 19.2 Å². The fourth-order valence-corrected chi connectivity index (χ4v) is 3.16. The molecule has 3 heterocycles. The van der Waals surface area contributed by atoms with E-state index >= 15 is 0 Å². The Kier molecular flexibility index (Phi) is 4.21. The highest BCUT2D eigenvalue weighted by atomic mass is 16.5. The molecule has 0 spiro atoms. The zero-order chi connectivity index (χ0) is 16.4. The summed E-state index contributed by atoms with van der Waals surface area (Å²) >= 11 is 0. The topological polar surface area (TPSA) is 73.6 Å². The maximum absolute atomic E-state index is 12.4. The molecular formula is C18H20N2O4. The first-order valence-electron chi connectivity index (χ1n) is 8.40. The van der Waals surface area contributed by atoms with Gasteiger partial charge in [0.1, 0.15) is 12.0 Å². The number of benzene rings is 1. The molecule has 2 aliphatic heterocycles. The van der Waals surface area contributed by atoms with E-state index in [1.54, 1.807) is 0 Å². The number of amides is 1. The van der Waals surface area contributed by atoms with E-state index in [9.17, 15) is 4.79 Å². The summed E-state index contributed by atoms with van der Waals surface area (Å²) in [5.74, 6) is 1.51. The van der Waals surface area contributed by atoms with Gasteiger partial charge in [-0.25, -0.2) is 4.98 Å². The molecule has 0 radical (unpaired) electrons. The predicted molar refractivity (Wildman–Crippen MR) is 87.5 cm³/mol. The van der Waals surface area contributed by atoms with Crippen molar-refractivity contribution in [2.75, 3.05) is 25.1 Å². The summed E-state index contributed by atoms with van der Waals surface area (Å²) in [5, 5.41) is 2.88. The number of hydrogen-bond acceptors (Lipinski definition) is 5. The molecule has 1 fully saturated rings. The van der Waals surface area contributed by atoms with Gasteiger partial charge in [-0.2, -0.15) is 0 Å². The Morgan fingerprint density at radius 1 is 1.21 bits per heavy atom. The van der Waals surface area contributed by atoms with Crippen molar-refractivity contribution >= 4 is 11.6 Å². The zero-order valence-corrected chi connectivity index (χ0v) is 13.4. The van der Waals surface area contributed by atoms with E-state index < -0.39 is 0 Å². The number of oxazole rings is 1. The summed E-state index contributed by atoms with van der Waals surface area (Å²) in [7, 11) is 0. The van der Waals surface area contributed by atoms with Crippen LogP contribution in [0.1, 0.15) is 47.1 Å². The molecule has 0 unspecified atom stereocenters. The number of rotatable bonds is 3. The number of carbonyl (C=O) groups excluding carboxylic acids is 1. The Morgan fingerprint density at radius 3 is 2.96 bits per heavy atom. The lowest BCUT2D eigenvalue weighted by Crippen LogP contribution is -2.16. The third-order valence-corrected chi connectivity index (χ3v) is 4.49. The zero-order valence-electron chi connectivity index (χ0n) is 13.4. The van der Waals surface area contributed by atoms with Gasteiger partial charge in [0.15, 0.2) is 11.6 Å². The number of fused-ring (bicyclic) bond motifs is 1. The summed E-state index contributed by atoms with van der Waals surface area (Å²) in [4.78, 5) is 16.7. The van der Waals surface area contributed by atoms with Gasteiger partial charge in [-0.3, -0.25) is 4.79 Å².